The van der Waals surface area contributed by atoms with E-state index in [0.717, 1.165) is 38.9 Å². The third-order valence-corrected chi connectivity index (χ3v) is 7.57. The van der Waals surface area contributed by atoms with Crippen molar-refractivity contribution in [2.75, 3.05) is 0 Å². The Labute approximate surface area is 203 Å². The van der Waals surface area contributed by atoms with Crippen molar-refractivity contribution >= 4 is 21.5 Å². The Balaban J connectivity index is 2.08. The molecule has 4 aromatic carbocycles. The first kappa shape index (κ1) is 22.3. The fourth-order valence-electron chi connectivity index (χ4n) is 4.60. The molecule has 5 aromatic rings. The van der Waals surface area contributed by atoms with Gasteiger partial charge in [0.2, 0.25) is 0 Å². The van der Waals surface area contributed by atoms with Crippen molar-refractivity contribution in [2.24, 2.45) is 0 Å². The smallest absolute Gasteiger partial charge is 0.282 e. The van der Waals surface area contributed by atoms with Crippen LogP contribution in [0.1, 0.15) is 5.56 Å². The second-order valence-corrected chi connectivity index (χ2v) is 10.2. The summed E-state index contributed by atoms with van der Waals surface area (Å²) >= 11 is 1.49. The van der Waals surface area contributed by atoms with Crippen LogP contribution in [0.3, 0.4) is 0 Å². The van der Waals surface area contributed by atoms with Crippen LogP contribution in [-0.4, -0.2) is 13.0 Å². The number of hydrogen-bond acceptors (Lipinski definition) is 3. The third-order valence-electron chi connectivity index (χ3n) is 5.96. The number of benzene rings is 4. The molecule has 1 N–H and O–H groups in total. The van der Waals surface area contributed by atoms with Crippen LogP contribution in [0.15, 0.2) is 113 Å². The number of hydrogen-bond donors (Lipinski definition) is 1. The average Bonchev–Trinajstić information content (AvgIpc) is 3.39. The molecule has 0 aliphatic heterocycles. The molecule has 0 unspecified atom stereocenters. The molecule has 3 nitrogen and oxygen atoms in total. The van der Waals surface area contributed by atoms with Gasteiger partial charge in [0, 0.05) is 11.1 Å². The lowest BCUT2D eigenvalue weighted by Gasteiger charge is -2.25. The lowest BCUT2D eigenvalue weighted by Crippen LogP contribution is -2.08. The molecule has 0 atom stereocenters. The molecule has 0 bridgehead atoms. The molecule has 168 valence electrons. The standard InChI is InChI=1S/C29H22O3S2/c1-20-25(21-11-5-2-6-12-21)27(23-15-9-4-10-16-23)29(34(30,31)32)28(24-17-18-33-19-24)26(20)22-13-7-3-8-14-22/h2-19H,1H3,(H,30,31,32). The molecule has 0 amide bonds. The van der Waals surface area contributed by atoms with E-state index in [0.29, 0.717) is 11.1 Å². The van der Waals surface area contributed by atoms with Gasteiger partial charge in [0.15, 0.2) is 0 Å². The fraction of sp³-hybridized carbons (Fsp3) is 0.0345. The zero-order valence-electron chi connectivity index (χ0n) is 18.5. The van der Waals surface area contributed by atoms with E-state index in [1.54, 1.807) is 0 Å². The zero-order valence-corrected chi connectivity index (χ0v) is 20.1. The average molecular weight is 483 g/mol. The van der Waals surface area contributed by atoms with Crippen LogP contribution in [0.2, 0.25) is 0 Å². The van der Waals surface area contributed by atoms with E-state index in [1.807, 2.05) is 115 Å². The summed E-state index contributed by atoms with van der Waals surface area (Å²) in [5.74, 6) is 0. The predicted octanol–water partition coefficient (Wildman–Crippen LogP) is 7.97. The molecule has 0 aliphatic rings. The van der Waals surface area contributed by atoms with Crippen LogP contribution in [-0.2, 0) is 10.1 Å². The summed E-state index contributed by atoms with van der Waals surface area (Å²) in [4.78, 5) is -0.0691. The molecule has 0 saturated carbocycles. The van der Waals surface area contributed by atoms with Crippen molar-refractivity contribution in [1.29, 1.82) is 0 Å². The van der Waals surface area contributed by atoms with Gasteiger partial charge in [0.25, 0.3) is 10.1 Å². The van der Waals surface area contributed by atoms with Crippen LogP contribution >= 0.6 is 11.3 Å². The molecule has 0 saturated heterocycles. The molecule has 5 heteroatoms. The van der Waals surface area contributed by atoms with Crippen LogP contribution in [0, 0.1) is 6.92 Å². The highest BCUT2D eigenvalue weighted by Gasteiger charge is 2.31. The van der Waals surface area contributed by atoms with Crippen molar-refractivity contribution in [1.82, 2.24) is 0 Å². The van der Waals surface area contributed by atoms with Crippen molar-refractivity contribution in [3.8, 4) is 44.5 Å². The summed E-state index contributed by atoms with van der Waals surface area (Å²) in [6, 6.07) is 30.8. The molecule has 34 heavy (non-hydrogen) atoms. The van der Waals surface area contributed by atoms with E-state index in [4.69, 9.17) is 0 Å². The van der Waals surface area contributed by atoms with Gasteiger partial charge in [-0.2, -0.15) is 19.8 Å². The molecule has 0 fully saturated rings. The van der Waals surface area contributed by atoms with Gasteiger partial charge in [-0.25, -0.2) is 0 Å². The minimum absolute atomic E-state index is 0.0691. The molecule has 0 spiro atoms. The van der Waals surface area contributed by atoms with Gasteiger partial charge >= 0.3 is 0 Å². The molecular formula is C29H22O3S2. The van der Waals surface area contributed by atoms with Crippen molar-refractivity contribution in [3.05, 3.63) is 113 Å². The van der Waals surface area contributed by atoms with E-state index in [9.17, 15) is 13.0 Å². The highest BCUT2D eigenvalue weighted by Crippen LogP contribution is 2.50. The number of rotatable bonds is 5. The maximum atomic E-state index is 13.2. The topological polar surface area (TPSA) is 54.4 Å². The lowest BCUT2D eigenvalue weighted by atomic mass is 9.82. The first-order valence-electron chi connectivity index (χ1n) is 10.8. The van der Waals surface area contributed by atoms with Crippen LogP contribution in [0.25, 0.3) is 44.5 Å². The maximum Gasteiger partial charge on any atom is 0.295 e. The summed E-state index contributed by atoms with van der Waals surface area (Å²) in [5.41, 5.74) is 6.83. The predicted molar refractivity (Wildman–Crippen MR) is 141 cm³/mol. The Bertz CT molecular complexity index is 1540. The Hall–Kier alpha value is -3.51. The quantitative estimate of drug-likeness (QED) is 0.258. The van der Waals surface area contributed by atoms with Gasteiger partial charge in [0.1, 0.15) is 4.90 Å². The molecular weight excluding hydrogens is 460 g/mol. The zero-order chi connectivity index (χ0) is 23.7. The highest BCUT2D eigenvalue weighted by atomic mass is 32.2. The largest absolute Gasteiger partial charge is 0.295 e. The summed E-state index contributed by atoms with van der Waals surface area (Å²) in [5, 5.41) is 3.84. The van der Waals surface area contributed by atoms with Gasteiger partial charge in [0.05, 0.1) is 0 Å². The highest BCUT2D eigenvalue weighted by molar-refractivity contribution is 7.86. The molecule has 1 heterocycles. The number of thiophene rings is 1. The van der Waals surface area contributed by atoms with Crippen molar-refractivity contribution < 1.29 is 13.0 Å². The summed E-state index contributed by atoms with van der Waals surface area (Å²) < 4.78 is 37.1. The second-order valence-electron chi connectivity index (χ2n) is 8.04. The lowest BCUT2D eigenvalue weighted by molar-refractivity contribution is 0.484. The van der Waals surface area contributed by atoms with Crippen molar-refractivity contribution in [3.63, 3.8) is 0 Å². The molecule has 5 rings (SSSR count). The Morgan fingerprint density at radius 2 is 1.00 bits per heavy atom. The van der Waals surface area contributed by atoms with E-state index in [-0.39, 0.29) is 4.90 Å². The van der Waals surface area contributed by atoms with Gasteiger partial charge in [-0.3, -0.25) is 4.55 Å². The van der Waals surface area contributed by atoms with Gasteiger partial charge in [-0.15, -0.1) is 0 Å². The Morgan fingerprint density at radius 1 is 0.588 bits per heavy atom. The first-order valence-corrected chi connectivity index (χ1v) is 13.2. The van der Waals surface area contributed by atoms with Crippen molar-refractivity contribution in [2.45, 2.75) is 11.8 Å². The van der Waals surface area contributed by atoms with E-state index in [2.05, 4.69) is 0 Å². The van der Waals surface area contributed by atoms with Crippen LogP contribution < -0.4 is 0 Å². The molecule has 0 aliphatic carbocycles. The van der Waals surface area contributed by atoms with Crippen LogP contribution in [0.4, 0.5) is 0 Å². The van der Waals surface area contributed by atoms with Gasteiger partial charge in [-0.05, 0) is 62.7 Å². The Kier molecular flexibility index (Phi) is 5.92. The minimum atomic E-state index is -4.61. The maximum absolute atomic E-state index is 13.2. The molecule has 1 aromatic heterocycles. The van der Waals surface area contributed by atoms with Gasteiger partial charge in [-0.1, -0.05) is 91.0 Å². The fourth-order valence-corrected chi connectivity index (χ4v) is 6.21. The van der Waals surface area contributed by atoms with E-state index in [1.165, 1.54) is 11.3 Å². The first-order chi connectivity index (χ1) is 16.5. The van der Waals surface area contributed by atoms with Crippen LogP contribution in [0.5, 0.6) is 0 Å². The van der Waals surface area contributed by atoms with E-state index < -0.39 is 10.1 Å². The van der Waals surface area contributed by atoms with E-state index >= 15 is 0 Å². The normalized spacial score (nSPS) is 11.5. The summed E-state index contributed by atoms with van der Waals surface area (Å²) in [7, 11) is -4.61. The second kappa shape index (κ2) is 9.03. The SMILES string of the molecule is Cc1c(-c2ccccc2)c(-c2ccccc2)c(S(=O)(=O)O)c(-c2ccsc2)c1-c1ccccc1. The third kappa shape index (κ3) is 3.99. The molecule has 0 radical (unpaired) electrons. The summed E-state index contributed by atoms with van der Waals surface area (Å²) in [6.45, 7) is 2.03. The minimum Gasteiger partial charge on any atom is -0.282 e. The summed E-state index contributed by atoms with van der Waals surface area (Å²) in [6.07, 6.45) is 0. The Morgan fingerprint density at radius 3 is 1.38 bits per heavy atom. The van der Waals surface area contributed by atoms with Gasteiger partial charge < -0.3 is 0 Å². The monoisotopic (exact) mass is 482 g/mol.